The van der Waals surface area contributed by atoms with E-state index in [1.54, 1.807) is 25.1 Å². The molecule has 0 aliphatic carbocycles. The Morgan fingerprint density at radius 2 is 1.28 bits per heavy atom. The van der Waals surface area contributed by atoms with Crippen LogP contribution in [0.15, 0.2) is 75.6 Å². The van der Waals surface area contributed by atoms with Crippen molar-refractivity contribution in [3.05, 3.63) is 84.1 Å². The monoisotopic (exact) mass is 534 g/mol. The summed E-state index contributed by atoms with van der Waals surface area (Å²) in [5, 5.41) is 17.8. The summed E-state index contributed by atoms with van der Waals surface area (Å²) in [6.07, 6.45) is 0.282. The Labute approximate surface area is 227 Å². The van der Waals surface area contributed by atoms with Gasteiger partial charge in [0.05, 0.1) is 26.4 Å². The second-order valence-corrected chi connectivity index (χ2v) is 8.98. The number of hydrogen-bond donors (Lipinski definition) is 2. The van der Waals surface area contributed by atoms with Crippen molar-refractivity contribution in [3.8, 4) is 11.5 Å². The van der Waals surface area contributed by atoms with Crippen LogP contribution in [0.5, 0.6) is 11.5 Å². The summed E-state index contributed by atoms with van der Waals surface area (Å²) in [6, 6.07) is 21.1. The molecule has 5 rings (SSSR count). The van der Waals surface area contributed by atoms with Crippen molar-refractivity contribution in [2.24, 2.45) is 0 Å². The Bertz CT molecular complexity index is 1440. The van der Waals surface area contributed by atoms with Gasteiger partial charge in [0.15, 0.2) is 22.9 Å². The highest BCUT2D eigenvalue weighted by molar-refractivity contribution is 5.75. The van der Waals surface area contributed by atoms with E-state index in [1.165, 1.54) is 5.56 Å². The Hall–Kier alpha value is -3.92. The second-order valence-electron chi connectivity index (χ2n) is 8.98. The summed E-state index contributed by atoms with van der Waals surface area (Å²) in [5.41, 5.74) is 4.16. The quantitative estimate of drug-likeness (QED) is 0.230. The van der Waals surface area contributed by atoms with Gasteiger partial charge in [-0.1, -0.05) is 37.3 Å². The first-order chi connectivity index (χ1) is 19.0. The number of benzene rings is 3. The van der Waals surface area contributed by atoms with Crippen LogP contribution in [-0.4, -0.2) is 52.2 Å². The molecule has 1 atom stereocenters. The standard InChI is InChI=1S/C19H21NO3.C11H13NO4/c1-3-16(13-21-12-15-7-5-4-6-8-15)23-17-9-10-18-19(11-17)22-14(2)20-18;1-7-12-10-3-2-8(4-11(10)15-7)16-9(5-13)6-14/h4-11,16H,3,12-13H2,1-2H3;2-4,9,13-14H,5-6H2,1H3. The van der Waals surface area contributed by atoms with Gasteiger partial charge < -0.3 is 33.3 Å². The minimum Gasteiger partial charge on any atom is -0.488 e. The lowest BCUT2D eigenvalue weighted by Gasteiger charge is -2.17. The number of oxazole rings is 2. The molecule has 2 heterocycles. The summed E-state index contributed by atoms with van der Waals surface area (Å²) in [5.74, 6) is 2.57. The van der Waals surface area contributed by atoms with Gasteiger partial charge in [0, 0.05) is 26.0 Å². The molecule has 0 saturated heterocycles. The lowest BCUT2D eigenvalue weighted by Crippen LogP contribution is -2.25. The molecule has 3 aromatic carbocycles. The van der Waals surface area contributed by atoms with E-state index in [2.05, 4.69) is 29.0 Å². The highest BCUT2D eigenvalue weighted by Crippen LogP contribution is 2.23. The first-order valence-electron chi connectivity index (χ1n) is 12.9. The largest absolute Gasteiger partial charge is 0.488 e. The number of fused-ring (bicyclic) bond motifs is 2. The lowest BCUT2D eigenvalue weighted by molar-refractivity contribution is 0.0395. The zero-order valence-electron chi connectivity index (χ0n) is 22.4. The van der Waals surface area contributed by atoms with Crippen LogP contribution in [0.4, 0.5) is 0 Å². The lowest BCUT2D eigenvalue weighted by atomic mass is 10.2. The van der Waals surface area contributed by atoms with Gasteiger partial charge in [0.25, 0.3) is 0 Å². The first kappa shape index (κ1) is 28.1. The Balaban J connectivity index is 0.000000193. The maximum absolute atomic E-state index is 8.88. The van der Waals surface area contributed by atoms with Crippen molar-refractivity contribution in [2.45, 2.75) is 46.0 Å². The summed E-state index contributed by atoms with van der Waals surface area (Å²) in [6.45, 7) is 6.39. The fourth-order valence-electron chi connectivity index (χ4n) is 3.82. The van der Waals surface area contributed by atoms with Gasteiger partial charge in [-0.15, -0.1) is 0 Å². The number of aliphatic hydroxyl groups excluding tert-OH is 2. The minimum atomic E-state index is -0.610. The molecule has 9 nitrogen and oxygen atoms in total. The number of aromatic nitrogens is 2. The minimum absolute atomic E-state index is 0.0141. The van der Waals surface area contributed by atoms with Crippen LogP contribution in [0.25, 0.3) is 22.2 Å². The Morgan fingerprint density at radius 1 is 0.744 bits per heavy atom. The third-order valence-corrected chi connectivity index (χ3v) is 5.82. The van der Waals surface area contributed by atoms with E-state index in [1.807, 2.05) is 43.3 Å². The molecule has 39 heavy (non-hydrogen) atoms. The van der Waals surface area contributed by atoms with Crippen LogP contribution in [0.1, 0.15) is 30.7 Å². The summed E-state index contributed by atoms with van der Waals surface area (Å²) in [4.78, 5) is 8.44. The molecule has 0 bridgehead atoms. The number of nitrogens with zero attached hydrogens (tertiary/aromatic N) is 2. The van der Waals surface area contributed by atoms with Gasteiger partial charge in [0.1, 0.15) is 34.7 Å². The molecule has 2 N–H and O–H groups in total. The molecule has 0 radical (unpaired) electrons. The molecule has 2 aromatic heterocycles. The van der Waals surface area contributed by atoms with E-state index < -0.39 is 6.10 Å². The molecule has 9 heteroatoms. The maximum Gasteiger partial charge on any atom is 0.192 e. The molecule has 0 amide bonds. The zero-order chi connectivity index (χ0) is 27.6. The molecule has 0 saturated carbocycles. The average Bonchev–Trinajstić information content (AvgIpc) is 3.51. The van der Waals surface area contributed by atoms with E-state index >= 15 is 0 Å². The number of aryl methyl sites for hydroxylation is 2. The molecule has 1 unspecified atom stereocenters. The van der Waals surface area contributed by atoms with E-state index in [4.69, 9.17) is 33.3 Å². The van der Waals surface area contributed by atoms with Crippen LogP contribution in [0.2, 0.25) is 0 Å². The predicted molar refractivity (Wildman–Crippen MR) is 147 cm³/mol. The van der Waals surface area contributed by atoms with Gasteiger partial charge >= 0.3 is 0 Å². The third-order valence-electron chi connectivity index (χ3n) is 5.82. The van der Waals surface area contributed by atoms with Crippen molar-refractivity contribution in [3.63, 3.8) is 0 Å². The molecular formula is C30H34N2O7. The first-order valence-corrected chi connectivity index (χ1v) is 12.9. The second kappa shape index (κ2) is 13.7. The molecule has 0 spiro atoms. The van der Waals surface area contributed by atoms with Gasteiger partial charge in [-0.2, -0.15) is 0 Å². The van der Waals surface area contributed by atoms with Crippen molar-refractivity contribution < 1.29 is 33.3 Å². The van der Waals surface area contributed by atoms with Gasteiger partial charge in [0.2, 0.25) is 0 Å². The molecule has 0 aliphatic heterocycles. The van der Waals surface area contributed by atoms with Crippen LogP contribution >= 0.6 is 0 Å². The van der Waals surface area contributed by atoms with Crippen molar-refractivity contribution >= 4 is 22.2 Å². The Kier molecular flexibility index (Phi) is 9.91. The van der Waals surface area contributed by atoms with E-state index in [9.17, 15) is 0 Å². The summed E-state index contributed by atoms with van der Waals surface area (Å²) in [7, 11) is 0. The Morgan fingerprint density at radius 3 is 1.79 bits per heavy atom. The number of hydrogen-bond acceptors (Lipinski definition) is 9. The average molecular weight is 535 g/mol. The number of ether oxygens (including phenoxy) is 3. The van der Waals surface area contributed by atoms with Crippen molar-refractivity contribution in [2.75, 3.05) is 19.8 Å². The third kappa shape index (κ3) is 8.03. The summed E-state index contributed by atoms with van der Waals surface area (Å²) < 4.78 is 28.0. The van der Waals surface area contributed by atoms with Crippen LogP contribution in [0.3, 0.4) is 0 Å². The van der Waals surface area contributed by atoms with Crippen molar-refractivity contribution in [1.29, 1.82) is 0 Å². The normalized spacial score (nSPS) is 11.9. The molecular weight excluding hydrogens is 500 g/mol. The maximum atomic E-state index is 8.88. The topological polar surface area (TPSA) is 120 Å². The molecule has 0 aliphatic rings. The zero-order valence-corrected chi connectivity index (χ0v) is 22.4. The highest BCUT2D eigenvalue weighted by atomic mass is 16.5. The molecule has 0 fully saturated rings. The molecule has 206 valence electrons. The van der Waals surface area contributed by atoms with Crippen LogP contribution in [-0.2, 0) is 11.3 Å². The SMILES string of the molecule is CCC(COCc1ccccc1)Oc1ccc2nc(C)oc2c1.Cc1nc2ccc(OC(CO)CO)cc2o1. The predicted octanol–water partition coefficient (Wildman–Crippen LogP) is 5.38. The van der Waals surface area contributed by atoms with Crippen LogP contribution in [0, 0.1) is 13.8 Å². The van der Waals surface area contributed by atoms with Gasteiger partial charge in [-0.05, 0) is 36.2 Å². The highest BCUT2D eigenvalue weighted by Gasteiger charge is 2.11. The number of aliphatic hydroxyl groups is 2. The fraction of sp³-hybridized carbons (Fsp3) is 0.333. The van der Waals surface area contributed by atoms with E-state index in [0.29, 0.717) is 36.3 Å². The van der Waals surface area contributed by atoms with E-state index in [0.717, 1.165) is 28.8 Å². The number of rotatable bonds is 11. The smallest absolute Gasteiger partial charge is 0.192 e. The fourth-order valence-corrected chi connectivity index (χ4v) is 3.82. The van der Waals surface area contributed by atoms with Crippen molar-refractivity contribution in [1.82, 2.24) is 9.97 Å². The molecule has 5 aromatic rings. The van der Waals surface area contributed by atoms with Gasteiger partial charge in [-0.25, -0.2) is 9.97 Å². The van der Waals surface area contributed by atoms with E-state index in [-0.39, 0.29) is 19.3 Å². The summed E-state index contributed by atoms with van der Waals surface area (Å²) >= 11 is 0. The van der Waals surface area contributed by atoms with Gasteiger partial charge in [-0.3, -0.25) is 0 Å². The van der Waals surface area contributed by atoms with Crippen LogP contribution < -0.4 is 9.47 Å².